The van der Waals surface area contributed by atoms with Crippen molar-refractivity contribution in [3.63, 3.8) is 0 Å². The Hall–Kier alpha value is -1.21. The fourth-order valence-corrected chi connectivity index (χ4v) is 6.16. The van der Waals surface area contributed by atoms with Crippen LogP contribution in [0.5, 0.6) is 0 Å². The molecule has 1 heterocycles. The smallest absolute Gasteiger partial charge is 0.323 e. The zero-order valence-corrected chi connectivity index (χ0v) is 25.8. The topological polar surface area (TPSA) is 64.8 Å². The maximum absolute atomic E-state index is 13.5. The molecule has 0 amide bonds. The van der Waals surface area contributed by atoms with Crippen LogP contribution in [0.3, 0.4) is 0 Å². The van der Waals surface area contributed by atoms with E-state index >= 15 is 0 Å². The molecule has 1 unspecified atom stereocenters. The molecule has 206 valence electrons. The summed E-state index contributed by atoms with van der Waals surface area (Å²) >= 11 is 0. The molecule has 4 atom stereocenters. The summed E-state index contributed by atoms with van der Waals surface area (Å²) in [5.41, 5.74) is 7.70. The Labute approximate surface area is 222 Å². The average molecular weight is 519 g/mol. The number of rotatable bonds is 11. The van der Waals surface area contributed by atoms with Crippen molar-refractivity contribution in [2.24, 2.45) is 17.6 Å². The van der Waals surface area contributed by atoms with E-state index in [-0.39, 0.29) is 35.1 Å². The predicted molar refractivity (Wildman–Crippen MR) is 153 cm³/mol. The zero-order valence-electron chi connectivity index (χ0n) is 24.8. The molecule has 1 fully saturated rings. The van der Waals surface area contributed by atoms with Gasteiger partial charge in [0.05, 0.1) is 0 Å². The number of nitrogens with zero attached hydrogens (tertiary/aromatic N) is 1. The fourth-order valence-electron chi connectivity index (χ4n) is 5.09. The standard InChI is InChI=1S/C30H54N2O3Si/c1-11-22(12-2)18-25(31)27-24(21-34-36(9,10)30(6,7)8)19-26(28(33)35-29(3,4)5)32(27)20-23-16-14-13-15-17-23/h13-17,22,24-27H,11-12,18-21,31H2,1-10H3/t24-,25?,26+,27+/m0/s1. The monoisotopic (exact) mass is 518 g/mol. The third kappa shape index (κ3) is 8.40. The Kier molecular flexibility index (Phi) is 10.8. The van der Waals surface area contributed by atoms with Crippen molar-refractivity contribution in [1.29, 1.82) is 0 Å². The van der Waals surface area contributed by atoms with E-state index in [9.17, 15) is 4.79 Å². The summed E-state index contributed by atoms with van der Waals surface area (Å²) in [6, 6.07) is 10.1. The summed E-state index contributed by atoms with van der Waals surface area (Å²) in [6.07, 6.45) is 3.92. The third-order valence-corrected chi connectivity index (χ3v) is 12.8. The van der Waals surface area contributed by atoms with E-state index in [0.717, 1.165) is 25.7 Å². The van der Waals surface area contributed by atoms with Crippen LogP contribution >= 0.6 is 0 Å². The lowest BCUT2D eigenvalue weighted by Gasteiger charge is -2.39. The number of hydrogen-bond acceptors (Lipinski definition) is 5. The van der Waals surface area contributed by atoms with Crippen molar-refractivity contribution in [2.75, 3.05) is 6.61 Å². The van der Waals surface area contributed by atoms with Gasteiger partial charge in [0.25, 0.3) is 0 Å². The van der Waals surface area contributed by atoms with Gasteiger partial charge in [0.15, 0.2) is 8.32 Å². The van der Waals surface area contributed by atoms with Gasteiger partial charge in [-0.1, -0.05) is 77.8 Å². The van der Waals surface area contributed by atoms with Gasteiger partial charge in [0.1, 0.15) is 11.6 Å². The van der Waals surface area contributed by atoms with Crippen LogP contribution < -0.4 is 5.73 Å². The minimum absolute atomic E-state index is 0.0286. The number of benzene rings is 1. The molecule has 6 heteroatoms. The van der Waals surface area contributed by atoms with Crippen LogP contribution in [0.15, 0.2) is 30.3 Å². The number of nitrogens with two attached hydrogens (primary N) is 1. The number of ether oxygens (including phenoxy) is 1. The molecule has 0 spiro atoms. The molecule has 2 N–H and O–H groups in total. The van der Waals surface area contributed by atoms with Gasteiger partial charge in [0, 0.05) is 31.2 Å². The van der Waals surface area contributed by atoms with E-state index in [4.69, 9.17) is 14.9 Å². The van der Waals surface area contributed by atoms with Gasteiger partial charge in [-0.05, 0) is 63.2 Å². The van der Waals surface area contributed by atoms with Gasteiger partial charge in [-0.15, -0.1) is 0 Å². The Balaban J connectivity index is 2.44. The van der Waals surface area contributed by atoms with Crippen LogP contribution in [-0.4, -0.2) is 49.5 Å². The highest BCUT2D eigenvalue weighted by molar-refractivity contribution is 6.74. The van der Waals surface area contributed by atoms with Crippen LogP contribution in [-0.2, 0) is 20.5 Å². The van der Waals surface area contributed by atoms with Crippen LogP contribution in [0.1, 0.15) is 86.6 Å². The summed E-state index contributed by atoms with van der Waals surface area (Å²) < 4.78 is 12.7. The Morgan fingerprint density at radius 2 is 1.67 bits per heavy atom. The van der Waals surface area contributed by atoms with Gasteiger partial charge >= 0.3 is 5.97 Å². The molecular formula is C30H54N2O3Si. The largest absolute Gasteiger partial charge is 0.459 e. The van der Waals surface area contributed by atoms with Crippen LogP contribution in [0.4, 0.5) is 0 Å². The van der Waals surface area contributed by atoms with E-state index in [0.29, 0.717) is 19.1 Å². The van der Waals surface area contributed by atoms with Crippen LogP contribution in [0.25, 0.3) is 0 Å². The maximum Gasteiger partial charge on any atom is 0.323 e. The first-order valence-corrected chi connectivity index (χ1v) is 16.9. The normalized spacial score (nSPS) is 22.7. The van der Waals surface area contributed by atoms with E-state index in [1.54, 1.807) is 0 Å². The predicted octanol–water partition coefficient (Wildman–Crippen LogP) is 6.76. The summed E-state index contributed by atoms with van der Waals surface area (Å²) in [6.45, 7) is 23.1. The van der Waals surface area contributed by atoms with E-state index < -0.39 is 13.9 Å². The average Bonchev–Trinajstić information content (AvgIpc) is 3.13. The molecule has 1 aromatic rings. The number of carbonyl (C=O) groups is 1. The molecule has 0 bridgehead atoms. The highest BCUT2D eigenvalue weighted by Crippen LogP contribution is 2.40. The molecule has 0 saturated carbocycles. The summed E-state index contributed by atoms with van der Waals surface area (Å²) in [5, 5.41) is 0.132. The van der Waals surface area contributed by atoms with Gasteiger partial charge < -0.3 is 14.9 Å². The van der Waals surface area contributed by atoms with E-state index in [2.05, 4.69) is 76.9 Å². The SMILES string of the molecule is CCC(CC)CC(N)[C@H]1[C@H](CO[Si](C)(C)C(C)(C)C)C[C@H](C(=O)OC(C)(C)C)N1Cc1ccccc1. The molecule has 0 radical (unpaired) electrons. The fraction of sp³-hybridized carbons (Fsp3) is 0.767. The Bertz CT molecular complexity index is 812. The number of carbonyl (C=O) groups excluding carboxylic acids is 1. The van der Waals surface area contributed by atoms with Gasteiger partial charge in [-0.2, -0.15) is 0 Å². The number of esters is 1. The van der Waals surface area contributed by atoms with E-state index in [1.165, 1.54) is 5.56 Å². The second-order valence-corrected chi connectivity index (χ2v) is 18.2. The minimum atomic E-state index is -1.94. The molecule has 1 saturated heterocycles. The van der Waals surface area contributed by atoms with Crippen molar-refractivity contribution >= 4 is 14.3 Å². The zero-order chi connectivity index (χ0) is 27.3. The maximum atomic E-state index is 13.5. The van der Waals surface area contributed by atoms with Crippen LogP contribution in [0.2, 0.25) is 18.1 Å². The van der Waals surface area contributed by atoms with Crippen molar-refractivity contribution in [2.45, 2.75) is 129 Å². The van der Waals surface area contributed by atoms with Gasteiger partial charge in [-0.25, -0.2) is 0 Å². The highest BCUT2D eigenvalue weighted by Gasteiger charge is 2.49. The molecule has 36 heavy (non-hydrogen) atoms. The Morgan fingerprint density at radius 1 is 1.08 bits per heavy atom. The molecule has 0 aromatic heterocycles. The van der Waals surface area contributed by atoms with Crippen molar-refractivity contribution < 1.29 is 14.0 Å². The van der Waals surface area contributed by atoms with Gasteiger partial charge in [0.2, 0.25) is 0 Å². The first kappa shape index (κ1) is 31.0. The summed E-state index contributed by atoms with van der Waals surface area (Å²) in [7, 11) is -1.94. The second kappa shape index (κ2) is 12.6. The Morgan fingerprint density at radius 3 is 2.17 bits per heavy atom. The molecule has 1 aliphatic rings. The molecule has 1 aromatic carbocycles. The van der Waals surface area contributed by atoms with Crippen molar-refractivity contribution in [3.05, 3.63) is 35.9 Å². The molecular weight excluding hydrogens is 464 g/mol. The lowest BCUT2D eigenvalue weighted by Crippen LogP contribution is -2.52. The highest BCUT2D eigenvalue weighted by atomic mass is 28.4. The van der Waals surface area contributed by atoms with Crippen LogP contribution in [0, 0.1) is 11.8 Å². The molecule has 1 aliphatic heterocycles. The molecule has 5 nitrogen and oxygen atoms in total. The summed E-state index contributed by atoms with van der Waals surface area (Å²) in [4.78, 5) is 15.9. The number of likely N-dealkylation sites (tertiary alicyclic amines) is 1. The van der Waals surface area contributed by atoms with Gasteiger partial charge in [-0.3, -0.25) is 9.69 Å². The summed E-state index contributed by atoms with van der Waals surface area (Å²) in [5.74, 6) is 0.624. The quantitative estimate of drug-likeness (QED) is 0.259. The first-order valence-electron chi connectivity index (χ1n) is 14.0. The molecule has 2 rings (SSSR count). The molecule has 0 aliphatic carbocycles. The second-order valence-electron chi connectivity index (χ2n) is 13.3. The van der Waals surface area contributed by atoms with E-state index in [1.807, 2.05) is 26.8 Å². The minimum Gasteiger partial charge on any atom is -0.459 e. The first-order chi connectivity index (χ1) is 16.6. The van der Waals surface area contributed by atoms with Crippen molar-refractivity contribution in [1.82, 2.24) is 4.90 Å². The van der Waals surface area contributed by atoms with Crippen molar-refractivity contribution in [3.8, 4) is 0 Å². The lowest BCUT2D eigenvalue weighted by molar-refractivity contribution is -0.161. The lowest BCUT2D eigenvalue weighted by atomic mass is 9.86. The third-order valence-electron chi connectivity index (χ3n) is 8.34. The number of hydrogen-bond donors (Lipinski definition) is 1.